The highest BCUT2D eigenvalue weighted by atomic mass is 32.2. The van der Waals surface area contributed by atoms with Gasteiger partial charge in [0, 0.05) is 32.2 Å². The van der Waals surface area contributed by atoms with E-state index in [2.05, 4.69) is 4.74 Å². The van der Waals surface area contributed by atoms with Gasteiger partial charge in [0.05, 0.1) is 0 Å². The van der Waals surface area contributed by atoms with Gasteiger partial charge in [0.1, 0.15) is 11.6 Å². The van der Waals surface area contributed by atoms with E-state index in [1.807, 2.05) is 0 Å². The average Bonchev–Trinajstić information content (AvgIpc) is 2.59. The molecule has 1 heterocycles. The van der Waals surface area contributed by atoms with Crippen molar-refractivity contribution in [3.8, 4) is 5.75 Å². The quantitative estimate of drug-likeness (QED) is 0.845. The molecule has 0 radical (unpaired) electrons. The average molecular weight is 310 g/mol. The smallest absolute Gasteiger partial charge is 0.387 e. The number of rotatable bonds is 4. The van der Waals surface area contributed by atoms with E-state index in [4.69, 9.17) is 0 Å². The maximum absolute atomic E-state index is 13.2. The Balaban J connectivity index is 2.27. The third-order valence-corrected chi connectivity index (χ3v) is 4.90. The topological polar surface area (TPSA) is 49.9 Å². The molecule has 1 aliphatic rings. The maximum Gasteiger partial charge on any atom is 0.387 e. The summed E-state index contributed by atoms with van der Waals surface area (Å²) in [5, 5.41) is 0. The first-order valence-corrected chi connectivity index (χ1v) is 7.15. The Morgan fingerprint density at radius 3 is 2.60 bits per heavy atom. The fourth-order valence-electron chi connectivity index (χ4n) is 1.91. The Bertz CT molecular complexity index is 595. The van der Waals surface area contributed by atoms with Crippen molar-refractivity contribution in [2.24, 2.45) is 0 Å². The molecule has 0 unspecified atom stereocenters. The van der Waals surface area contributed by atoms with Crippen molar-refractivity contribution in [1.29, 1.82) is 0 Å². The van der Waals surface area contributed by atoms with Gasteiger partial charge in [-0.15, -0.1) is 0 Å². The van der Waals surface area contributed by atoms with Crippen molar-refractivity contribution in [3.05, 3.63) is 29.6 Å². The van der Waals surface area contributed by atoms with Crippen LogP contribution in [0.2, 0.25) is 0 Å². The summed E-state index contributed by atoms with van der Waals surface area (Å²) in [5.74, 6) is -0.877. The minimum atomic E-state index is -3.62. The normalized spacial score (nSPS) is 19.6. The molecule has 1 aromatic carbocycles. The number of ether oxygens (including phenoxy) is 1. The minimum Gasteiger partial charge on any atom is -0.434 e. The molecular formula is C11H13F3N2O3S. The van der Waals surface area contributed by atoms with E-state index in [-0.39, 0.29) is 24.4 Å². The molecule has 5 nitrogen and oxygen atoms in total. The van der Waals surface area contributed by atoms with Crippen LogP contribution in [0.1, 0.15) is 5.56 Å². The Labute approximate surface area is 114 Å². The summed E-state index contributed by atoms with van der Waals surface area (Å²) in [6.45, 7) is -2.77. The number of alkyl halides is 2. The Morgan fingerprint density at radius 1 is 1.35 bits per heavy atom. The van der Waals surface area contributed by atoms with Gasteiger partial charge in [-0.2, -0.15) is 25.8 Å². The highest BCUT2D eigenvalue weighted by Gasteiger charge is 2.34. The van der Waals surface area contributed by atoms with Crippen LogP contribution in [0.25, 0.3) is 0 Å². The molecule has 0 N–H and O–H groups in total. The van der Waals surface area contributed by atoms with Crippen LogP contribution in [-0.4, -0.2) is 43.8 Å². The summed E-state index contributed by atoms with van der Waals surface area (Å²) < 4.78 is 68.0. The third-order valence-electron chi connectivity index (χ3n) is 2.97. The number of nitrogens with zero attached hydrogens (tertiary/aromatic N) is 2. The molecule has 0 atom stereocenters. The second kappa shape index (κ2) is 5.58. The molecule has 0 aromatic heterocycles. The van der Waals surface area contributed by atoms with Gasteiger partial charge < -0.3 is 4.74 Å². The monoisotopic (exact) mass is 310 g/mol. The minimum absolute atomic E-state index is 0.0594. The zero-order chi connectivity index (χ0) is 14.9. The molecule has 1 aliphatic heterocycles. The van der Waals surface area contributed by atoms with Crippen LogP contribution in [0.4, 0.5) is 13.2 Å². The summed E-state index contributed by atoms with van der Waals surface area (Å²) in [6, 6.07) is 3.03. The lowest BCUT2D eigenvalue weighted by molar-refractivity contribution is -0.0506. The lowest BCUT2D eigenvalue weighted by Crippen LogP contribution is -2.30. The van der Waals surface area contributed by atoms with E-state index < -0.39 is 22.6 Å². The van der Waals surface area contributed by atoms with Crippen LogP contribution in [0.5, 0.6) is 5.75 Å². The van der Waals surface area contributed by atoms with Gasteiger partial charge in [-0.05, 0) is 18.2 Å². The first-order chi connectivity index (χ1) is 9.30. The van der Waals surface area contributed by atoms with Crippen molar-refractivity contribution < 1.29 is 26.3 Å². The summed E-state index contributed by atoms with van der Waals surface area (Å²) in [5.41, 5.74) is 0.0594. The summed E-state index contributed by atoms with van der Waals surface area (Å²) in [7, 11) is -2.21. The molecule has 2 rings (SSSR count). The zero-order valence-corrected chi connectivity index (χ0v) is 11.4. The van der Waals surface area contributed by atoms with Crippen molar-refractivity contribution >= 4 is 10.2 Å². The van der Waals surface area contributed by atoms with Gasteiger partial charge in [-0.3, -0.25) is 0 Å². The van der Waals surface area contributed by atoms with E-state index in [0.29, 0.717) is 6.54 Å². The van der Waals surface area contributed by atoms with Crippen LogP contribution in [0.3, 0.4) is 0 Å². The molecule has 0 aliphatic carbocycles. The predicted molar refractivity (Wildman–Crippen MR) is 65.0 cm³/mol. The Hall–Kier alpha value is -1.32. The molecule has 1 fully saturated rings. The summed E-state index contributed by atoms with van der Waals surface area (Å²) in [4.78, 5) is 0. The number of likely N-dealkylation sites (N-methyl/N-ethyl adjacent to an activating group) is 1. The van der Waals surface area contributed by atoms with Crippen LogP contribution < -0.4 is 4.74 Å². The lowest BCUT2D eigenvalue weighted by atomic mass is 10.2. The van der Waals surface area contributed by atoms with Crippen molar-refractivity contribution in [2.75, 3.05) is 20.1 Å². The second-order valence-electron chi connectivity index (χ2n) is 4.29. The molecule has 1 saturated heterocycles. The molecule has 1 aromatic rings. The molecule has 9 heteroatoms. The first kappa shape index (κ1) is 15.1. The van der Waals surface area contributed by atoms with Crippen molar-refractivity contribution in [3.63, 3.8) is 0 Å². The van der Waals surface area contributed by atoms with E-state index >= 15 is 0 Å². The van der Waals surface area contributed by atoms with Crippen molar-refractivity contribution in [1.82, 2.24) is 8.61 Å². The van der Waals surface area contributed by atoms with Gasteiger partial charge in [0.25, 0.3) is 10.2 Å². The van der Waals surface area contributed by atoms with Gasteiger partial charge in [-0.25, -0.2) is 4.39 Å². The number of benzene rings is 1. The van der Waals surface area contributed by atoms with E-state index in [9.17, 15) is 21.6 Å². The van der Waals surface area contributed by atoms with Gasteiger partial charge in [0.2, 0.25) is 0 Å². The van der Waals surface area contributed by atoms with Gasteiger partial charge in [-0.1, -0.05) is 0 Å². The SMILES string of the molecule is CN1CCN(Cc2cc(F)ccc2OC(F)F)S1(=O)=O. The predicted octanol–water partition coefficient (Wildman–Crippen LogP) is 1.42. The number of hydrogen-bond donors (Lipinski definition) is 0. The summed E-state index contributed by atoms with van der Waals surface area (Å²) in [6.07, 6.45) is 0. The Morgan fingerprint density at radius 2 is 2.05 bits per heavy atom. The highest BCUT2D eigenvalue weighted by molar-refractivity contribution is 7.86. The highest BCUT2D eigenvalue weighted by Crippen LogP contribution is 2.26. The van der Waals surface area contributed by atoms with E-state index in [1.165, 1.54) is 7.05 Å². The molecule has 0 amide bonds. The maximum atomic E-state index is 13.2. The number of halogens is 3. The molecule has 20 heavy (non-hydrogen) atoms. The largest absolute Gasteiger partial charge is 0.434 e. The van der Waals surface area contributed by atoms with Crippen LogP contribution >= 0.6 is 0 Å². The standard InChI is InChI=1S/C11H13F3N2O3S/c1-15-4-5-16(20(15,17)18)7-8-6-9(12)2-3-10(8)19-11(13)14/h2-3,6,11H,4-5,7H2,1H3. The van der Waals surface area contributed by atoms with Crippen LogP contribution in [0.15, 0.2) is 18.2 Å². The third kappa shape index (κ3) is 3.05. The fraction of sp³-hybridized carbons (Fsp3) is 0.455. The van der Waals surface area contributed by atoms with Crippen molar-refractivity contribution in [2.45, 2.75) is 13.2 Å². The van der Waals surface area contributed by atoms with Gasteiger partial charge >= 0.3 is 6.61 Å². The molecule has 112 valence electrons. The molecule has 0 saturated carbocycles. The zero-order valence-electron chi connectivity index (χ0n) is 10.6. The second-order valence-corrected chi connectivity index (χ2v) is 6.33. The first-order valence-electron chi connectivity index (χ1n) is 5.75. The Kier molecular flexibility index (Phi) is 4.21. The van der Waals surface area contributed by atoms with Crippen LogP contribution in [0, 0.1) is 5.82 Å². The summed E-state index contributed by atoms with van der Waals surface area (Å²) >= 11 is 0. The van der Waals surface area contributed by atoms with E-state index in [1.54, 1.807) is 0 Å². The fourth-order valence-corrected chi connectivity index (χ4v) is 3.23. The van der Waals surface area contributed by atoms with Crippen LogP contribution in [-0.2, 0) is 16.8 Å². The molecule has 0 spiro atoms. The lowest BCUT2D eigenvalue weighted by Gasteiger charge is -2.18. The van der Waals surface area contributed by atoms with Gasteiger partial charge in [0.15, 0.2) is 0 Å². The van der Waals surface area contributed by atoms with E-state index in [0.717, 1.165) is 26.8 Å². The molecular weight excluding hydrogens is 297 g/mol. The number of hydrogen-bond acceptors (Lipinski definition) is 3. The molecule has 0 bridgehead atoms.